The largest absolute Gasteiger partial charge is 0.462 e. The van der Waals surface area contributed by atoms with Gasteiger partial charge in [0.2, 0.25) is 0 Å². The Morgan fingerprint density at radius 3 is 1.04 bits per heavy atom. The molecule has 0 spiro atoms. The highest BCUT2D eigenvalue weighted by molar-refractivity contribution is 5.70. The van der Waals surface area contributed by atoms with Crippen molar-refractivity contribution in [3.8, 4) is 0 Å². The van der Waals surface area contributed by atoms with Crippen molar-refractivity contribution in [2.75, 3.05) is 19.8 Å². The second-order valence-electron chi connectivity index (χ2n) is 18.8. The van der Waals surface area contributed by atoms with Crippen molar-refractivity contribution in [1.82, 2.24) is 0 Å². The van der Waals surface area contributed by atoms with Crippen LogP contribution in [0.5, 0.6) is 0 Å². The molecule has 0 aliphatic rings. The Morgan fingerprint density at radius 2 is 0.639 bits per heavy atom. The summed E-state index contributed by atoms with van der Waals surface area (Å²) >= 11 is 0. The molecule has 0 radical (unpaired) electrons. The van der Waals surface area contributed by atoms with Gasteiger partial charge in [-0.05, 0) is 135 Å². The number of hydrogen-bond donors (Lipinski definition) is 0. The van der Waals surface area contributed by atoms with Crippen LogP contribution in [0.25, 0.3) is 0 Å². The molecule has 0 aliphatic heterocycles. The highest BCUT2D eigenvalue weighted by Crippen LogP contribution is 2.13. The maximum absolute atomic E-state index is 12.9. The molecule has 0 N–H and O–H groups in total. The molecular formula is C67H108O5. The number of hydrogen-bond acceptors (Lipinski definition) is 5. The first kappa shape index (κ1) is 67.8. The van der Waals surface area contributed by atoms with Crippen LogP contribution in [-0.2, 0) is 23.8 Å². The van der Waals surface area contributed by atoms with Gasteiger partial charge in [-0.2, -0.15) is 0 Å². The molecule has 406 valence electrons. The minimum atomic E-state index is -0.590. The molecule has 0 aromatic heterocycles. The zero-order valence-corrected chi connectivity index (χ0v) is 46.6. The van der Waals surface area contributed by atoms with E-state index >= 15 is 0 Å². The number of ether oxygens (including phenoxy) is 3. The Labute approximate surface area is 444 Å². The Balaban J connectivity index is 4.44. The molecule has 0 amide bonds. The van der Waals surface area contributed by atoms with Crippen LogP contribution in [0.15, 0.2) is 146 Å². The molecule has 0 fully saturated rings. The van der Waals surface area contributed by atoms with Gasteiger partial charge in [-0.25, -0.2) is 0 Å². The van der Waals surface area contributed by atoms with Crippen LogP contribution in [0, 0.1) is 0 Å². The summed E-state index contributed by atoms with van der Waals surface area (Å²) < 4.78 is 17.4. The van der Waals surface area contributed by atoms with E-state index in [1.54, 1.807) is 0 Å². The number of rotatable bonds is 52. The lowest BCUT2D eigenvalue weighted by Crippen LogP contribution is -2.30. The van der Waals surface area contributed by atoms with Crippen molar-refractivity contribution in [2.24, 2.45) is 0 Å². The predicted molar refractivity (Wildman–Crippen MR) is 315 cm³/mol. The second-order valence-corrected chi connectivity index (χ2v) is 18.8. The summed E-state index contributed by atoms with van der Waals surface area (Å²) in [7, 11) is 0. The normalized spacial score (nSPS) is 13.3. The first-order chi connectivity index (χ1) is 35.6. The van der Waals surface area contributed by atoms with Gasteiger partial charge in [0.1, 0.15) is 6.61 Å². The molecule has 5 heteroatoms. The molecule has 5 nitrogen and oxygen atoms in total. The molecule has 0 aliphatic carbocycles. The highest BCUT2D eigenvalue weighted by Gasteiger charge is 2.17. The molecule has 0 rings (SSSR count). The van der Waals surface area contributed by atoms with E-state index in [0.29, 0.717) is 25.9 Å². The third-order valence-electron chi connectivity index (χ3n) is 11.8. The van der Waals surface area contributed by atoms with Gasteiger partial charge >= 0.3 is 11.9 Å². The molecule has 0 aromatic carbocycles. The molecule has 1 unspecified atom stereocenters. The molecule has 0 bridgehead atoms. The molecule has 0 aromatic rings. The van der Waals surface area contributed by atoms with Crippen molar-refractivity contribution < 1.29 is 23.8 Å². The first-order valence-corrected chi connectivity index (χ1v) is 29.4. The Hall–Kier alpha value is -4.22. The number of esters is 2. The summed E-state index contributed by atoms with van der Waals surface area (Å²) in [5.41, 5.74) is 0. The Morgan fingerprint density at radius 1 is 0.319 bits per heavy atom. The van der Waals surface area contributed by atoms with Gasteiger partial charge in [0.25, 0.3) is 0 Å². The van der Waals surface area contributed by atoms with E-state index in [4.69, 9.17) is 14.2 Å². The summed E-state index contributed by atoms with van der Waals surface area (Å²) in [6.45, 7) is 7.47. The fourth-order valence-corrected chi connectivity index (χ4v) is 7.54. The van der Waals surface area contributed by atoms with Crippen LogP contribution in [0.2, 0.25) is 0 Å². The highest BCUT2D eigenvalue weighted by atomic mass is 16.6. The van der Waals surface area contributed by atoms with Gasteiger partial charge < -0.3 is 14.2 Å². The van der Waals surface area contributed by atoms with Gasteiger partial charge in [0.15, 0.2) is 6.10 Å². The van der Waals surface area contributed by atoms with Crippen molar-refractivity contribution in [3.63, 3.8) is 0 Å². The standard InChI is InChI=1S/C67H108O5/c1-4-7-10-13-16-19-22-25-28-31-33-35-38-41-44-47-50-53-56-59-62-70-63-65(72-67(69)61-58-55-52-49-46-43-40-36-30-27-24-21-18-15-12-9-6-3)64-71-66(68)60-57-54-51-48-45-42-39-37-34-32-29-26-23-20-17-14-11-8-5-2/h8-9,11-12,16-21,25-30,33-35,37,40,43,49,52,65H,4-7,10,13-15,22-24,31-32,36,38-39,41-42,44-48,50-51,53-64H2,1-3H3/b11-8-,12-9-,19-16-,20-17-,21-18-,28-25-,29-26-,30-27-,35-33-,37-34-,43-40-,52-49-. The summed E-state index contributed by atoms with van der Waals surface area (Å²) in [6.07, 6.45) is 88.7. The maximum atomic E-state index is 12.9. The monoisotopic (exact) mass is 993 g/mol. The van der Waals surface area contributed by atoms with Crippen LogP contribution in [0.1, 0.15) is 239 Å². The van der Waals surface area contributed by atoms with E-state index in [1.165, 1.54) is 83.5 Å². The van der Waals surface area contributed by atoms with E-state index in [0.717, 1.165) is 116 Å². The maximum Gasteiger partial charge on any atom is 0.306 e. The summed E-state index contributed by atoms with van der Waals surface area (Å²) in [5.74, 6) is -0.494. The van der Waals surface area contributed by atoms with Crippen LogP contribution >= 0.6 is 0 Å². The smallest absolute Gasteiger partial charge is 0.306 e. The van der Waals surface area contributed by atoms with Gasteiger partial charge in [-0.1, -0.05) is 237 Å². The van der Waals surface area contributed by atoms with Crippen LogP contribution < -0.4 is 0 Å². The van der Waals surface area contributed by atoms with Gasteiger partial charge in [0.05, 0.1) is 6.61 Å². The van der Waals surface area contributed by atoms with Crippen LogP contribution in [-0.4, -0.2) is 37.9 Å². The zero-order chi connectivity index (χ0) is 52.0. The first-order valence-electron chi connectivity index (χ1n) is 29.4. The van der Waals surface area contributed by atoms with Crippen molar-refractivity contribution in [2.45, 2.75) is 245 Å². The fraction of sp³-hybridized carbons (Fsp3) is 0.612. The lowest BCUT2D eigenvalue weighted by molar-refractivity contribution is -0.162. The average molecular weight is 994 g/mol. The molecule has 72 heavy (non-hydrogen) atoms. The molecular weight excluding hydrogens is 885 g/mol. The molecule has 0 saturated heterocycles. The van der Waals surface area contributed by atoms with E-state index in [-0.39, 0.29) is 25.2 Å². The van der Waals surface area contributed by atoms with Crippen LogP contribution in [0.4, 0.5) is 0 Å². The minimum Gasteiger partial charge on any atom is -0.462 e. The lowest BCUT2D eigenvalue weighted by atomic mass is 10.1. The summed E-state index contributed by atoms with van der Waals surface area (Å²) in [5, 5.41) is 0. The zero-order valence-electron chi connectivity index (χ0n) is 46.6. The SMILES string of the molecule is CC/C=C\C/C=C\C/C=C\C/C=C\C/C=C\CCCC(=O)OC(COCCCCCCCCC/C=C\C/C=C\C/C=C\CCCCC)COC(=O)CCCCCCCC/C=C\C/C=C\C/C=C\C/C=C\CC. The number of unbranched alkanes of at least 4 members (excludes halogenated alkanes) is 17. The Bertz CT molecular complexity index is 1540. The Kier molecular flexibility index (Phi) is 57.5. The summed E-state index contributed by atoms with van der Waals surface area (Å²) in [6, 6.07) is 0. The summed E-state index contributed by atoms with van der Waals surface area (Å²) in [4.78, 5) is 25.5. The van der Waals surface area contributed by atoms with E-state index < -0.39 is 6.10 Å². The minimum absolute atomic E-state index is 0.0411. The molecule has 0 saturated carbocycles. The van der Waals surface area contributed by atoms with Crippen LogP contribution in [0.3, 0.4) is 0 Å². The fourth-order valence-electron chi connectivity index (χ4n) is 7.54. The predicted octanol–water partition coefficient (Wildman–Crippen LogP) is 20.5. The second kappa shape index (κ2) is 61.1. The third-order valence-corrected chi connectivity index (χ3v) is 11.8. The van der Waals surface area contributed by atoms with E-state index in [2.05, 4.69) is 167 Å². The quantitative estimate of drug-likeness (QED) is 0.0345. The van der Waals surface area contributed by atoms with E-state index in [1.807, 2.05) is 0 Å². The molecule has 0 heterocycles. The average Bonchev–Trinajstić information content (AvgIpc) is 3.38. The number of carbonyl (C=O) groups excluding carboxylic acids is 2. The van der Waals surface area contributed by atoms with Gasteiger partial charge in [-0.15, -0.1) is 0 Å². The topological polar surface area (TPSA) is 61.8 Å². The van der Waals surface area contributed by atoms with Crippen molar-refractivity contribution in [1.29, 1.82) is 0 Å². The third kappa shape index (κ3) is 58.4. The molecule has 1 atom stereocenters. The number of allylic oxidation sites excluding steroid dienone is 24. The van der Waals surface area contributed by atoms with E-state index in [9.17, 15) is 9.59 Å². The van der Waals surface area contributed by atoms with Crippen molar-refractivity contribution in [3.05, 3.63) is 146 Å². The van der Waals surface area contributed by atoms with Crippen molar-refractivity contribution >= 4 is 11.9 Å². The van der Waals surface area contributed by atoms with Gasteiger partial charge in [-0.3, -0.25) is 9.59 Å². The number of carbonyl (C=O) groups is 2. The lowest BCUT2D eigenvalue weighted by Gasteiger charge is -2.18. The van der Waals surface area contributed by atoms with Gasteiger partial charge in [0, 0.05) is 19.4 Å².